The lowest BCUT2D eigenvalue weighted by molar-refractivity contribution is -0.220. The van der Waals surface area contributed by atoms with Gasteiger partial charge in [0.25, 0.3) is 0 Å². The molecule has 0 radical (unpaired) electrons. The van der Waals surface area contributed by atoms with E-state index in [-0.39, 0.29) is 18.2 Å². The summed E-state index contributed by atoms with van der Waals surface area (Å²) in [4.78, 5) is 0. The molecule has 1 aromatic carbocycles. The standard InChI is InChI=1S/C21H31NO5S/c1-7-15(22-28(23)20(2,3)4)16-17(24-13-14-11-9-8-10-12-14)18-19(25-16)27-21(5,6)26-18/h7-12,15-19,22H,1,13H2,2-6H3/t15-,16-,17+,18-,19-,28?/m1/s1. The molecule has 3 rings (SSSR count). The summed E-state index contributed by atoms with van der Waals surface area (Å²) in [6.07, 6.45) is -0.0125. The minimum Gasteiger partial charge on any atom is -0.368 e. The zero-order chi connectivity index (χ0) is 20.5. The fourth-order valence-corrected chi connectivity index (χ4v) is 4.13. The molecule has 0 spiro atoms. The van der Waals surface area contributed by atoms with Crippen molar-refractivity contribution < 1.29 is 23.2 Å². The number of ether oxygens (including phenoxy) is 4. The molecule has 6 atom stereocenters. The first-order chi connectivity index (χ1) is 13.1. The van der Waals surface area contributed by atoms with E-state index >= 15 is 0 Å². The average Bonchev–Trinajstić information content (AvgIpc) is 3.09. The number of hydrogen-bond donors (Lipinski definition) is 1. The Labute approximate surface area is 170 Å². The minimum absolute atomic E-state index is 0.365. The summed E-state index contributed by atoms with van der Waals surface area (Å²) in [6, 6.07) is 9.57. The second-order valence-corrected chi connectivity index (χ2v) is 10.6. The number of benzene rings is 1. The predicted octanol–water partition coefficient (Wildman–Crippen LogP) is 3.05. The van der Waals surface area contributed by atoms with Crippen molar-refractivity contribution in [1.29, 1.82) is 0 Å². The van der Waals surface area contributed by atoms with Crippen LogP contribution in [0.5, 0.6) is 0 Å². The summed E-state index contributed by atoms with van der Waals surface area (Å²) < 4.78 is 39.7. The van der Waals surface area contributed by atoms with Gasteiger partial charge in [-0.25, -0.2) is 8.93 Å². The lowest BCUT2D eigenvalue weighted by Crippen LogP contribution is -2.50. The van der Waals surface area contributed by atoms with Gasteiger partial charge in [0, 0.05) is 0 Å². The third kappa shape index (κ3) is 4.90. The first kappa shape index (κ1) is 21.6. The van der Waals surface area contributed by atoms with E-state index in [1.54, 1.807) is 6.08 Å². The number of fused-ring (bicyclic) bond motifs is 1. The Balaban J connectivity index is 1.77. The molecule has 0 aromatic heterocycles. The molecule has 2 saturated heterocycles. The molecule has 6 nitrogen and oxygen atoms in total. The maximum absolute atomic E-state index is 12.6. The van der Waals surface area contributed by atoms with Crippen LogP contribution in [0.2, 0.25) is 0 Å². The Morgan fingerprint density at radius 2 is 1.96 bits per heavy atom. The summed E-state index contributed by atoms with van der Waals surface area (Å²) in [5.74, 6) is -0.736. The Kier molecular flexibility index (Phi) is 6.44. The molecule has 28 heavy (non-hydrogen) atoms. The minimum atomic E-state index is -1.28. The molecule has 2 aliphatic rings. The normalized spacial score (nSPS) is 31.3. The van der Waals surface area contributed by atoms with Crippen molar-refractivity contribution >= 4 is 11.0 Å². The molecule has 2 fully saturated rings. The molecule has 0 amide bonds. The first-order valence-electron chi connectivity index (χ1n) is 9.58. The summed E-state index contributed by atoms with van der Waals surface area (Å²) in [5.41, 5.74) is 1.06. The highest BCUT2D eigenvalue weighted by Crippen LogP contribution is 2.40. The van der Waals surface area contributed by atoms with Crippen molar-refractivity contribution in [3.8, 4) is 0 Å². The van der Waals surface area contributed by atoms with Crippen molar-refractivity contribution in [2.24, 2.45) is 0 Å². The Morgan fingerprint density at radius 1 is 1.29 bits per heavy atom. The van der Waals surface area contributed by atoms with Gasteiger partial charge < -0.3 is 18.9 Å². The number of nitrogens with one attached hydrogen (secondary N) is 1. The van der Waals surface area contributed by atoms with Gasteiger partial charge >= 0.3 is 0 Å². The van der Waals surface area contributed by atoms with Gasteiger partial charge in [-0.05, 0) is 40.2 Å². The Bertz CT molecular complexity index is 702. The van der Waals surface area contributed by atoms with Gasteiger partial charge in [-0.3, -0.25) is 0 Å². The molecule has 0 saturated carbocycles. The maximum Gasteiger partial charge on any atom is 0.190 e. The van der Waals surface area contributed by atoms with Crippen LogP contribution in [-0.4, -0.2) is 45.4 Å². The molecule has 2 aliphatic heterocycles. The molecular weight excluding hydrogens is 378 g/mol. The van der Waals surface area contributed by atoms with Gasteiger partial charge in [0.1, 0.15) is 18.3 Å². The van der Waals surface area contributed by atoms with Crippen LogP contribution in [-0.2, 0) is 36.5 Å². The second-order valence-electron chi connectivity index (χ2n) is 8.59. The molecule has 1 N–H and O–H groups in total. The summed E-state index contributed by atoms with van der Waals surface area (Å²) in [6.45, 7) is 13.8. The van der Waals surface area contributed by atoms with Crippen molar-refractivity contribution in [2.75, 3.05) is 0 Å². The van der Waals surface area contributed by atoms with Crippen molar-refractivity contribution in [2.45, 2.75) is 82.4 Å². The van der Waals surface area contributed by atoms with Crippen LogP contribution in [0.25, 0.3) is 0 Å². The van der Waals surface area contributed by atoms with Crippen LogP contribution in [0.3, 0.4) is 0 Å². The van der Waals surface area contributed by atoms with Crippen molar-refractivity contribution in [1.82, 2.24) is 4.72 Å². The van der Waals surface area contributed by atoms with E-state index in [9.17, 15) is 4.21 Å². The van der Waals surface area contributed by atoms with E-state index in [0.717, 1.165) is 5.56 Å². The lowest BCUT2D eigenvalue weighted by atomic mass is 10.0. The zero-order valence-electron chi connectivity index (χ0n) is 17.2. The van der Waals surface area contributed by atoms with E-state index in [4.69, 9.17) is 18.9 Å². The van der Waals surface area contributed by atoms with Crippen LogP contribution in [0.4, 0.5) is 0 Å². The van der Waals surface area contributed by atoms with Gasteiger partial charge in [0.2, 0.25) is 0 Å². The van der Waals surface area contributed by atoms with E-state index < -0.39 is 33.9 Å². The topological polar surface area (TPSA) is 66.0 Å². The molecular formula is C21H31NO5S. The SMILES string of the molecule is C=C[C@@H](NS(=O)C(C)(C)C)[C@H]1O[C@@H]2OC(C)(C)O[C@@H]2[C@H]1OCc1ccccc1. The highest BCUT2D eigenvalue weighted by Gasteiger charge is 2.57. The fraction of sp³-hybridized carbons (Fsp3) is 0.619. The van der Waals surface area contributed by atoms with E-state index in [0.29, 0.717) is 6.61 Å². The van der Waals surface area contributed by atoms with Crippen LogP contribution >= 0.6 is 0 Å². The fourth-order valence-electron chi connectivity index (χ4n) is 3.30. The van der Waals surface area contributed by atoms with Crippen LogP contribution < -0.4 is 4.72 Å². The summed E-state index contributed by atoms with van der Waals surface area (Å²) in [7, 11) is -1.28. The van der Waals surface area contributed by atoms with Gasteiger partial charge in [-0.15, -0.1) is 6.58 Å². The third-order valence-electron chi connectivity index (χ3n) is 4.72. The molecule has 0 aliphatic carbocycles. The van der Waals surface area contributed by atoms with Crippen LogP contribution in [0.15, 0.2) is 43.0 Å². The van der Waals surface area contributed by atoms with Crippen molar-refractivity contribution in [3.05, 3.63) is 48.6 Å². The zero-order valence-corrected chi connectivity index (χ0v) is 18.0. The summed E-state index contributed by atoms with van der Waals surface area (Å²) >= 11 is 0. The molecule has 2 heterocycles. The number of rotatable bonds is 7. The quantitative estimate of drug-likeness (QED) is 0.701. The maximum atomic E-state index is 12.6. The van der Waals surface area contributed by atoms with Gasteiger partial charge in [-0.2, -0.15) is 0 Å². The van der Waals surface area contributed by atoms with Crippen LogP contribution in [0.1, 0.15) is 40.2 Å². The number of hydrogen-bond acceptors (Lipinski definition) is 5. The molecule has 7 heteroatoms. The highest BCUT2D eigenvalue weighted by atomic mass is 32.2. The predicted molar refractivity (Wildman–Crippen MR) is 109 cm³/mol. The van der Waals surface area contributed by atoms with E-state index in [2.05, 4.69) is 11.3 Å². The molecule has 156 valence electrons. The average molecular weight is 410 g/mol. The second kappa shape index (κ2) is 8.34. The van der Waals surface area contributed by atoms with E-state index in [1.165, 1.54) is 0 Å². The van der Waals surface area contributed by atoms with Gasteiger partial charge in [0.15, 0.2) is 12.1 Å². The Hall–Kier alpha value is -1.09. The Morgan fingerprint density at radius 3 is 2.57 bits per heavy atom. The first-order valence-corrected chi connectivity index (χ1v) is 10.7. The molecule has 1 unspecified atom stereocenters. The summed E-state index contributed by atoms with van der Waals surface area (Å²) in [5, 5.41) is 0. The molecule has 1 aromatic rings. The third-order valence-corrected chi connectivity index (χ3v) is 6.32. The van der Waals surface area contributed by atoms with Gasteiger partial charge in [-0.1, -0.05) is 36.4 Å². The van der Waals surface area contributed by atoms with Gasteiger partial charge in [0.05, 0.1) is 28.4 Å². The van der Waals surface area contributed by atoms with E-state index in [1.807, 2.05) is 65.0 Å². The smallest absolute Gasteiger partial charge is 0.190 e. The molecule has 0 bridgehead atoms. The highest BCUT2D eigenvalue weighted by molar-refractivity contribution is 7.84. The monoisotopic (exact) mass is 409 g/mol. The lowest BCUT2D eigenvalue weighted by Gasteiger charge is -2.31. The van der Waals surface area contributed by atoms with Crippen molar-refractivity contribution in [3.63, 3.8) is 0 Å². The largest absolute Gasteiger partial charge is 0.368 e. The van der Waals surface area contributed by atoms with Crippen LogP contribution in [0, 0.1) is 0 Å².